The number of hydrogen-bond donors (Lipinski definition) is 1. The van der Waals surface area contributed by atoms with Crippen molar-refractivity contribution in [2.45, 2.75) is 51.0 Å². The molecule has 110 valence electrons. The Balaban J connectivity index is 1.44. The first-order valence-electron chi connectivity index (χ1n) is 8.52. The summed E-state index contributed by atoms with van der Waals surface area (Å²) in [5, 5.41) is 8.23. The SMILES string of the molecule is CNC(CCc1ccsc1)C1C2CC3CC(C2)CC1C3. The molecule has 1 heterocycles. The Kier molecular flexibility index (Phi) is 3.64. The van der Waals surface area contributed by atoms with Crippen molar-refractivity contribution in [1.82, 2.24) is 5.32 Å². The molecule has 4 saturated carbocycles. The molecule has 1 nitrogen and oxygen atoms in total. The van der Waals surface area contributed by atoms with Gasteiger partial charge < -0.3 is 5.32 Å². The molecule has 1 aromatic heterocycles. The largest absolute Gasteiger partial charge is 0.317 e. The average Bonchev–Trinajstić information content (AvgIpc) is 2.94. The molecule has 1 atom stereocenters. The molecule has 4 aliphatic carbocycles. The number of thiophene rings is 1. The fourth-order valence-corrected chi connectivity index (χ4v) is 6.61. The van der Waals surface area contributed by atoms with Gasteiger partial charge in [0.1, 0.15) is 0 Å². The Morgan fingerprint density at radius 2 is 1.85 bits per heavy atom. The van der Waals surface area contributed by atoms with Gasteiger partial charge in [-0.3, -0.25) is 0 Å². The van der Waals surface area contributed by atoms with Gasteiger partial charge in [-0.05, 0) is 104 Å². The number of rotatable bonds is 5. The lowest BCUT2D eigenvalue weighted by molar-refractivity contribution is -0.0518. The fourth-order valence-electron chi connectivity index (χ4n) is 5.91. The van der Waals surface area contributed by atoms with Crippen LogP contribution in [0.5, 0.6) is 0 Å². The second-order valence-electron chi connectivity index (χ2n) is 7.57. The van der Waals surface area contributed by atoms with Crippen molar-refractivity contribution in [3.63, 3.8) is 0 Å². The molecule has 1 aromatic rings. The minimum absolute atomic E-state index is 0.755. The summed E-state index contributed by atoms with van der Waals surface area (Å²) in [5.74, 6) is 5.27. The summed E-state index contributed by atoms with van der Waals surface area (Å²) in [4.78, 5) is 0. The van der Waals surface area contributed by atoms with E-state index in [1.807, 2.05) is 11.3 Å². The van der Waals surface area contributed by atoms with Gasteiger partial charge in [0.05, 0.1) is 0 Å². The molecule has 0 saturated heterocycles. The van der Waals surface area contributed by atoms with Crippen LogP contribution in [0.1, 0.15) is 44.1 Å². The van der Waals surface area contributed by atoms with Crippen molar-refractivity contribution >= 4 is 11.3 Å². The van der Waals surface area contributed by atoms with Gasteiger partial charge in [0, 0.05) is 6.04 Å². The predicted molar refractivity (Wildman–Crippen MR) is 86.0 cm³/mol. The molecule has 0 aromatic carbocycles. The third kappa shape index (κ3) is 2.35. The van der Waals surface area contributed by atoms with Crippen LogP contribution < -0.4 is 5.32 Å². The van der Waals surface area contributed by atoms with Crippen molar-refractivity contribution in [1.29, 1.82) is 0 Å². The molecule has 1 N–H and O–H groups in total. The number of aryl methyl sites for hydroxylation is 1. The van der Waals surface area contributed by atoms with Gasteiger partial charge in [-0.25, -0.2) is 0 Å². The van der Waals surface area contributed by atoms with E-state index in [2.05, 4.69) is 29.2 Å². The second kappa shape index (κ2) is 5.46. The molecule has 1 unspecified atom stereocenters. The van der Waals surface area contributed by atoms with Crippen LogP contribution in [0.3, 0.4) is 0 Å². The van der Waals surface area contributed by atoms with Crippen LogP contribution in [0.25, 0.3) is 0 Å². The summed E-state index contributed by atoms with van der Waals surface area (Å²) in [5.41, 5.74) is 1.54. The summed E-state index contributed by atoms with van der Waals surface area (Å²) in [7, 11) is 2.20. The first-order chi connectivity index (χ1) is 9.83. The maximum Gasteiger partial charge on any atom is 0.0101 e. The molecule has 0 spiro atoms. The van der Waals surface area contributed by atoms with Gasteiger partial charge in [-0.1, -0.05) is 0 Å². The second-order valence-corrected chi connectivity index (χ2v) is 8.35. The molecule has 0 amide bonds. The highest BCUT2D eigenvalue weighted by Crippen LogP contribution is 2.57. The summed E-state index contributed by atoms with van der Waals surface area (Å²) < 4.78 is 0. The highest BCUT2D eigenvalue weighted by molar-refractivity contribution is 7.07. The lowest BCUT2D eigenvalue weighted by Gasteiger charge is -2.56. The minimum Gasteiger partial charge on any atom is -0.317 e. The standard InChI is InChI=1S/C18H27NS/c1-19-17(3-2-12-4-5-20-11-12)18-15-7-13-6-14(9-15)10-16(18)8-13/h4-5,11,13-19H,2-3,6-10H2,1H3. The predicted octanol–water partition coefficient (Wildman–Crippen LogP) is 4.34. The quantitative estimate of drug-likeness (QED) is 0.850. The third-order valence-electron chi connectivity index (χ3n) is 6.46. The lowest BCUT2D eigenvalue weighted by atomic mass is 9.50. The molecule has 0 radical (unpaired) electrons. The average molecular weight is 289 g/mol. The van der Waals surface area contributed by atoms with E-state index in [-0.39, 0.29) is 0 Å². The Hall–Kier alpha value is -0.340. The van der Waals surface area contributed by atoms with E-state index in [0.717, 1.165) is 35.6 Å². The molecular formula is C18H27NS. The van der Waals surface area contributed by atoms with Crippen LogP contribution in [0.15, 0.2) is 16.8 Å². The normalized spacial score (nSPS) is 40.1. The first kappa shape index (κ1) is 13.3. The Bertz CT molecular complexity index is 410. The van der Waals surface area contributed by atoms with Crippen LogP contribution in [0, 0.1) is 29.6 Å². The molecule has 2 heteroatoms. The maximum absolute atomic E-state index is 3.70. The zero-order chi connectivity index (χ0) is 13.5. The lowest BCUT2D eigenvalue weighted by Crippen LogP contribution is -2.52. The zero-order valence-corrected chi connectivity index (χ0v) is 13.4. The zero-order valence-electron chi connectivity index (χ0n) is 12.6. The number of nitrogens with one attached hydrogen (secondary N) is 1. The first-order valence-corrected chi connectivity index (χ1v) is 9.46. The molecular weight excluding hydrogens is 262 g/mol. The van der Waals surface area contributed by atoms with E-state index < -0.39 is 0 Å². The van der Waals surface area contributed by atoms with E-state index in [9.17, 15) is 0 Å². The Labute approximate surface area is 127 Å². The van der Waals surface area contributed by atoms with E-state index >= 15 is 0 Å². The minimum atomic E-state index is 0.755. The highest BCUT2D eigenvalue weighted by Gasteiger charge is 2.49. The van der Waals surface area contributed by atoms with E-state index in [1.54, 1.807) is 37.7 Å². The van der Waals surface area contributed by atoms with Crippen molar-refractivity contribution in [3.8, 4) is 0 Å². The van der Waals surface area contributed by atoms with Crippen LogP contribution in [-0.2, 0) is 6.42 Å². The smallest absolute Gasteiger partial charge is 0.0101 e. The Morgan fingerprint density at radius 1 is 1.15 bits per heavy atom. The van der Waals surface area contributed by atoms with E-state index in [0.29, 0.717) is 0 Å². The summed E-state index contributed by atoms with van der Waals surface area (Å²) in [6.45, 7) is 0. The van der Waals surface area contributed by atoms with Crippen molar-refractivity contribution in [2.24, 2.45) is 29.6 Å². The molecule has 20 heavy (non-hydrogen) atoms. The Morgan fingerprint density at radius 3 is 2.40 bits per heavy atom. The molecule has 0 aliphatic heterocycles. The van der Waals surface area contributed by atoms with Crippen LogP contribution in [-0.4, -0.2) is 13.1 Å². The van der Waals surface area contributed by atoms with Gasteiger partial charge in [-0.2, -0.15) is 11.3 Å². The maximum atomic E-state index is 3.70. The summed E-state index contributed by atoms with van der Waals surface area (Å²) in [6.07, 6.45) is 10.4. The van der Waals surface area contributed by atoms with E-state index in [4.69, 9.17) is 0 Å². The molecule has 4 fully saturated rings. The van der Waals surface area contributed by atoms with Crippen molar-refractivity contribution in [3.05, 3.63) is 22.4 Å². The molecule has 4 bridgehead atoms. The van der Waals surface area contributed by atoms with Crippen molar-refractivity contribution in [2.75, 3.05) is 7.05 Å². The molecule has 5 rings (SSSR count). The summed E-state index contributed by atoms with van der Waals surface area (Å²) >= 11 is 1.84. The highest BCUT2D eigenvalue weighted by atomic mass is 32.1. The monoisotopic (exact) mass is 289 g/mol. The van der Waals surface area contributed by atoms with Gasteiger partial charge in [0.25, 0.3) is 0 Å². The van der Waals surface area contributed by atoms with Crippen molar-refractivity contribution < 1.29 is 0 Å². The van der Waals surface area contributed by atoms with Gasteiger partial charge in [0.15, 0.2) is 0 Å². The van der Waals surface area contributed by atoms with Crippen LogP contribution >= 0.6 is 11.3 Å². The third-order valence-corrected chi connectivity index (χ3v) is 7.19. The van der Waals surface area contributed by atoms with Gasteiger partial charge in [-0.15, -0.1) is 0 Å². The van der Waals surface area contributed by atoms with E-state index in [1.165, 1.54) is 12.8 Å². The van der Waals surface area contributed by atoms with Crippen LogP contribution in [0.2, 0.25) is 0 Å². The fraction of sp³-hybridized carbons (Fsp3) is 0.778. The van der Waals surface area contributed by atoms with Crippen LogP contribution in [0.4, 0.5) is 0 Å². The molecule has 4 aliphatic rings. The van der Waals surface area contributed by atoms with Gasteiger partial charge >= 0.3 is 0 Å². The van der Waals surface area contributed by atoms with Gasteiger partial charge in [0.2, 0.25) is 0 Å². The number of hydrogen-bond acceptors (Lipinski definition) is 2. The topological polar surface area (TPSA) is 12.0 Å². The summed E-state index contributed by atoms with van der Waals surface area (Å²) in [6, 6.07) is 3.05.